The summed E-state index contributed by atoms with van der Waals surface area (Å²) in [5.74, 6) is 0.192. The van der Waals surface area contributed by atoms with Crippen LogP contribution < -0.4 is 4.74 Å². The van der Waals surface area contributed by atoms with E-state index in [9.17, 15) is 4.79 Å². The first-order valence-corrected chi connectivity index (χ1v) is 6.61. The quantitative estimate of drug-likeness (QED) is 0.787. The van der Waals surface area contributed by atoms with Crippen molar-refractivity contribution in [2.45, 2.75) is 6.61 Å². The van der Waals surface area contributed by atoms with Crippen molar-refractivity contribution in [2.75, 3.05) is 7.11 Å². The third-order valence-electron chi connectivity index (χ3n) is 2.71. The lowest BCUT2D eigenvalue weighted by molar-refractivity contribution is 0.0597. The maximum atomic E-state index is 11.6. The van der Waals surface area contributed by atoms with Crippen LogP contribution in [0.5, 0.6) is 5.75 Å². The van der Waals surface area contributed by atoms with Gasteiger partial charge in [0.25, 0.3) is 0 Å². The average Bonchev–Trinajstić information content (AvgIpc) is 2.48. The van der Waals surface area contributed by atoms with Crippen LogP contribution in [0.2, 0.25) is 10.0 Å². The highest BCUT2D eigenvalue weighted by Gasteiger charge is 2.11. The van der Waals surface area contributed by atoms with Crippen molar-refractivity contribution in [2.24, 2.45) is 0 Å². The Kier molecular flexibility index (Phi) is 4.88. The summed E-state index contributed by atoms with van der Waals surface area (Å²) in [6, 6.07) is 12.1. The molecule has 104 valence electrons. The van der Waals surface area contributed by atoms with Gasteiger partial charge in [-0.25, -0.2) is 4.79 Å². The number of esters is 1. The molecule has 2 aromatic rings. The molecule has 0 N–H and O–H groups in total. The van der Waals surface area contributed by atoms with Crippen molar-refractivity contribution >= 4 is 29.2 Å². The Balaban J connectivity index is 2.14. The molecule has 0 aliphatic rings. The Morgan fingerprint density at radius 1 is 1.10 bits per heavy atom. The minimum atomic E-state index is -0.390. The van der Waals surface area contributed by atoms with E-state index in [-0.39, 0.29) is 6.61 Å². The number of hydrogen-bond acceptors (Lipinski definition) is 3. The molecule has 0 aliphatic heterocycles. The molecule has 0 amide bonds. The molecule has 0 aliphatic carbocycles. The Labute approximate surface area is 127 Å². The molecular weight excluding hydrogens is 299 g/mol. The summed E-state index contributed by atoms with van der Waals surface area (Å²) in [6.07, 6.45) is 0. The first kappa shape index (κ1) is 14.7. The lowest BCUT2D eigenvalue weighted by atomic mass is 10.1. The maximum Gasteiger partial charge on any atom is 0.338 e. The number of methoxy groups -OCH3 is 1. The second-order valence-corrected chi connectivity index (χ2v) is 4.83. The fraction of sp³-hybridized carbons (Fsp3) is 0.133. The predicted molar refractivity (Wildman–Crippen MR) is 78.6 cm³/mol. The van der Waals surface area contributed by atoms with Gasteiger partial charge in [0, 0.05) is 11.6 Å². The van der Waals surface area contributed by atoms with E-state index in [1.807, 2.05) is 12.1 Å². The lowest BCUT2D eigenvalue weighted by Gasteiger charge is -2.10. The zero-order valence-electron chi connectivity index (χ0n) is 10.7. The SMILES string of the molecule is COC(=O)c1ccccc1COc1ccc(Cl)c(Cl)c1. The number of carbonyl (C=O) groups is 1. The number of ether oxygens (including phenoxy) is 2. The minimum absolute atomic E-state index is 0.239. The van der Waals surface area contributed by atoms with Gasteiger partial charge < -0.3 is 9.47 Å². The van der Waals surface area contributed by atoms with Gasteiger partial charge >= 0.3 is 5.97 Å². The standard InChI is InChI=1S/C15H12Cl2O3/c1-19-15(18)12-5-3-2-4-10(12)9-20-11-6-7-13(16)14(17)8-11/h2-8H,9H2,1H3. The van der Waals surface area contributed by atoms with Crippen molar-refractivity contribution in [1.29, 1.82) is 0 Å². The van der Waals surface area contributed by atoms with E-state index in [1.165, 1.54) is 7.11 Å². The van der Waals surface area contributed by atoms with Crippen molar-refractivity contribution in [1.82, 2.24) is 0 Å². The van der Waals surface area contributed by atoms with E-state index >= 15 is 0 Å². The van der Waals surface area contributed by atoms with E-state index in [2.05, 4.69) is 0 Å². The first-order chi connectivity index (χ1) is 9.61. The van der Waals surface area contributed by atoms with Crippen LogP contribution in [0.25, 0.3) is 0 Å². The lowest BCUT2D eigenvalue weighted by Crippen LogP contribution is -2.07. The summed E-state index contributed by atoms with van der Waals surface area (Å²) in [5.41, 5.74) is 1.22. The molecule has 3 nitrogen and oxygen atoms in total. The molecule has 5 heteroatoms. The van der Waals surface area contributed by atoms with Crippen LogP contribution in [-0.2, 0) is 11.3 Å². The number of rotatable bonds is 4. The maximum absolute atomic E-state index is 11.6. The largest absolute Gasteiger partial charge is 0.489 e. The van der Waals surface area contributed by atoms with E-state index in [0.29, 0.717) is 21.4 Å². The van der Waals surface area contributed by atoms with Crippen LogP contribution in [0.4, 0.5) is 0 Å². The number of halogens is 2. The average molecular weight is 311 g/mol. The van der Waals surface area contributed by atoms with Crippen LogP contribution in [0, 0.1) is 0 Å². The highest BCUT2D eigenvalue weighted by molar-refractivity contribution is 6.42. The van der Waals surface area contributed by atoms with Crippen LogP contribution in [0.3, 0.4) is 0 Å². The Morgan fingerprint density at radius 2 is 1.85 bits per heavy atom. The molecule has 0 saturated heterocycles. The van der Waals surface area contributed by atoms with Crippen molar-refractivity contribution in [3.8, 4) is 5.75 Å². The Hall–Kier alpha value is -1.71. The summed E-state index contributed by atoms with van der Waals surface area (Å²) >= 11 is 11.7. The summed E-state index contributed by atoms with van der Waals surface area (Å²) in [5, 5.41) is 0.888. The molecule has 0 heterocycles. The molecule has 0 unspecified atom stereocenters. The van der Waals surface area contributed by atoms with Gasteiger partial charge in [0.15, 0.2) is 0 Å². The molecule has 20 heavy (non-hydrogen) atoms. The predicted octanol–water partition coefficient (Wildman–Crippen LogP) is 4.36. The fourth-order valence-corrected chi connectivity index (χ4v) is 1.97. The van der Waals surface area contributed by atoms with Crippen molar-refractivity contribution in [3.05, 3.63) is 63.6 Å². The van der Waals surface area contributed by atoms with E-state index in [1.54, 1.807) is 30.3 Å². The zero-order valence-corrected chi connectivity index (χ0v) is 12.2. The van der Waals surface area contributed by atoms with Gasteiger partial charge in [0.2, 0.25) is 0 Å². The third-order valence-corrected chi connectivity index (χ3v) is 3.45. The molecule has 2 aromatic carbocycles. The van der Waals surface area contributed by atoms with Gasteiger partial charge in [-0.2, -0.15) is 0 Å². The van der Waals surface area contributed by atoms with Gasteiger partial charge in [0.1, 0.15) is 12.4 Å². The molecule has 0 bridgehead atoms. The van der Waals surface area contributed by atoms with Crippen LogP contribution in [-0.4, -0.2) is 13.1 Å². The van der Waals surface area contributed by atoms with Gasteiger partial charge in [-0.1, -0.05) is 41.4 Å². The molecule has 0 aromatic heterocycles. The zero-order chi connectivity index (χ0) is 14.5. The molecule has 2 rings (SSSR count). The Bertz CT molecular complexity index is 626. The second-order valence-electron chi connectivity index (χ2n) is 4.01. The first-order valence-electron chi connectivity index (χ1n) is 5.86. The van der Waals surface area contributed by atoms with E-state index in [0.717, 1.165) is 5.56 Å². The number of carbonyl (C=O) groups excluding carboxylic acids is 1. The van der Waals surface area contributed by atoms with Crippen LogP contribution >= 0.6 is 23.2 Å². The number of hydrogen-bond donors (Lipinski definition) is 0. The summed E-state index contributed by atoms with van der Waals surface area (Å²) in [7, 11) is 1.35. The molecule has 0 saturated carbocycles. The van der Waals surface area contributed by atoms with E-state index in [4.69, 9.17) is 32.7 Å². The summed E-state index contributed by atoms with van der Waals surface area (Å²) in [6.45, 7) is 0.239. The van der Waals surface area contributed by atoms with Crippen molar-refractivity contribution in [3.63, 3.8) is 0 Å². The summed E-state index contributed by atoms with van der Waals surface area (Å²) in [4.78, 5) is 11.6. The molecule has 0 spiro atoms. The molecular formula is C15H12Cl2O3. The van der Waals surface area contributed by atoms with Gasteiger partial charge in [0.05, 0.1) is 22.7 Å². The van der Waals surface area contributed by atoms with Crippen LogP contribution in [0.1, 0.15) is 15.9 Å². The normalized spacial score (nSPS) is 10.2. The second kappa shape index (κ2) is 6.64. The van der Waals surface area contributed by atoms with Crippen LogP contribution in [0.15, 0.2) is 42.5 Å². The monoisotopic (exact) mass is 310 g/mol. The Morgan fingerprint density at radius 3 is 2.55 bits per heavy atom. The van der Waals surface area contributed by atoms with Gasteiger partial charge in [-0.05, 0) is 18.2 Å². The smallest absolute Gasteiger partial charge is 0.338 e. The minimum Gasteiger partial charge on any atom is -0.489 e. The summed E-state index contributed by atoms with van der Waals surface area (Å²) < 4.78 is 10.3. The topological polar surface area (TPSA) is 35.5 Å². The third kappa shape index (κ3) is 3.44. The highest BCUT2D eigenvalue weighted by Crippen LogP contribution is 2.27. The number of benzene rings is 2. The van der Waals surface area contributed by atoms with Gasteiger partial charge in [-0.3, -0.25) is 0 Å². The molecule has 0 atom stereocenters. The molecule has 0 fully saturated rings. The van der Waals surface area contributed by atoms with Crippen molar-refractivity contribution < 1.29 is 14.3 Å². The van der Waals surface area contributed by atoms with E-state index < -0.39 is 5.97 Å². The fourth-order valence-electron chi connectivity index (χ4n) is 1.68. The highest BCUT2D eigenvalue weighted by atomic mass is 35.5. The molecule has 0 radical (unpaired) electrons. The van der Waals surface area contributed by atoms with Gasteiger partial charge in [-0.15, -0.1) is 0 Å².